The predicted octanol–water partition coefficient (Wildman–Crippen LogP) is 8.75. The molecule has 0 aromatic heterocycles. The summed E-state index contributed by atoms with van der Waals surface area (Å²) >= 11 is 0. The van der Waals surface area contributed by atoms with Crippen LogP contribution in [0, 0.1) is 22.7 Å². The number of esters is 1. The van der Waals surface area contributed by atoms with Gasteiger partial charge >= 0.3 is 11.9 Å². The minimum atomic E-state index is -1.23. The minimum Gasteiger partial charge on any atom is -0.462 e. The van der Waals surface area contributed by atoms with Crippen LogP contribution in [0.25, 0.3) is 0 Å². The Kier molecular flexibility index (Phi) is 20.9. The number of carbonyl (C=O) groups is 4. The van der Waals surface area contributed by atoms with Gasteiger partial charge in [0.25, 0.3) is 0 Å². The molecule has 0 amide bonds. The SMILES string of the molecule is CCCC(CCC)C(=O)C(CCC)(CCC)C(=O)OCCOOC(=O)C(CCC)(CCC)C(=O)C(CCC)CCC. The third-order valence-corrected chi connectivity index (χ3v) is 8.26. The summed E-state index contributed by atoms with van der Waals surface area (Å²) in [4.78, 5) is 64.8. The van der Waals surface area contributed by atoms with Crippen molar-refractivity contribution in [2.45, 2.75) is 158 Å². The molecule has 0 atom stereocenters. The molecule has 41 heavy (non-hydrogen) atoms. The largest absolute Gasteiger partial charge is 0.462 e. The Hall–Kier alpha value is -1.76. The molecule has 0 aliphatic carbocycles. The van der Waals surface area contributed by atoms with Gasteiger partial charge in [-0.15, -0.1) is 0 Å². The van der Waals surface area contributed by atoms with Crippen LogP contribution in [0.4, 0.5) is 0 Å². The fourth-order valence-electron chi connectivity index (χ4n) is 6.53. The van der Waals surface area contributed by atoms with E-state index in [1.165, 1.54) is 0 Å². The van der Waals surface area contributed by atoms with Crippen LogP contribution < -0.4 is 0 Å². The first-order valence-electron chi connectivity index (χ1n) is 16.8. The van der Waals surface area contributed by atoms with E-state index in [-0.39, 0.29) is 36.6 Å². The van der Waals surface area contributed by atoms with Crippen LogP contribution in [-0.4, -0.2) is 36.7 Å². The van der Waals surface area contributed by atoms with Crippen molar-refractivity contribution in [2.24, 2.45) is 22.7 Å². The van der Waals surface area contributed by atoms with Gasteiger partial charge in [0.15, 0.2) is 11.6 Å². The maximum atomic E-state index is 13.8. The summed E-state index contributed by atoms with van der Waals surface area (Å²) in [6, 6.07) is 0. The molecule has 0 N–H and O–H groups in total. The summed E-state index contributed by atoms with van der Waals surface area (Å²) < 4.78 is 5.61. The fraction of sp³-hybridized carbons (Fsp3) is 0.882. The van der Waals surface area contributed by atoms with Crippen molar-refractivity contribution in [1.82, 2.24) is 0 Å². The number of ketones is 2. The third kappa shape index (κ3) is 11.4. The minimum absolute atomic E-state index is 0.00149. The molecule has 0 spiro atoms. The highest BCUT2D eigenvalue weighted by molar-refractivity contribution is 6.05. The van der Waals surface area contributed by atoms with Gasteiger partial charge in [0.1, 0.15) is 24.0 Å². The van der Waals surface area contributed by atoms with Crippen molar-refractivity contribution in [2.75, 3.05) is 13.2 Å². The molecule has 0 aliphatic rings. The molecule has 0 fully saturated rings. The molecule has 0 saturated heterocycles. The Labute approximate surface area is 251 Å². The quantitative estimate of drug-likeness (QED) is 0.0331. The Bertz CT molecular complexity index is 674. The van der Waals surface area contributed by atoms with Gasteiger partial charge in [-0.05, 0) is 51.4 Å². The Morgan fingerprint density at radius 2 is 0.829 bits per heavy atom. The molecular weight excluding hydrogens is 520 g/mol. The van der Waals surface area contributed by atoms with Gasteiger partial charge < -0.3 is 4.74 Å². The topological polar surface area (TPSA) is 96.0 Å². The molecule has 0 bridgehead atoms. The second-order valence-electron chi connectivity index (χ2n) is 11.8. The number of Topliss-reactive ketones (excluding diaryl/α,β-unsaturated/α-hetero) is 2. The summed E-state index contributed by atoms with van der Waals surface area (Å²) in [6.45, 7) is 15.8. The molecule has 0 rings (SSSR count). The highest BCUT2D eigenvalue weighted by Gasteiger charge is 2.49. The number of carbonyl (C=O) groups excluding carboxylic acids is 4. The molecule has 0 aliphatic heterocycles. The molecule has 0 saturated carbocycles. The molecule has 7 nitrogen and oxygen atoms in total. The normalized spacial score (nSPS) is 12.1. The summed E-state index contributed by atoms with van der Waals surface area (Å²) in [5.41, 5.74) is -2.39. The Balaban J connectivity index is 5.58. The molecule has 0 heterocycles. The lowest BCUT2D eigenvalue weighted by Gasteiger charge is -2.33. The molecule has 0 radical (unpaired) electrons. The smallest absolute Gasteiger partial charge is 0.355 e. The first-order valence-corrected chi connectivity index (χ1v) is 16.8. The highest BCUT2D eigenvalue weighted by atomic mass is 17.2. The van der Waals surface area contributed by atoms with Gasteiger partial charge in [-0.3, -0.25) is 19.3 Å². The van der Waals surface area contributed by atoms with Gasteiger partial charge in [-0.25, -0.2) is 4.79 Å². The average molecular weight is 583 g/mol. The van der Waals surface area contributed by atoms with E-state index < -0.39 is 22.8 Å². The van der Waals surface area contributed by atoms with Crippen molar-refractivity contribution in [1.29, 1.82) is 0 Å². The highest BCUT2D eigenvalue weighted by Crippen LogP contribution is 2.39. The number of hydrogen-bond acceptors (Lipinski definition) is 7. The zero-order valence-electron chi connectivity index (χ0n) is 27.7. The van der Waals surface area contributed by atoms with Crippen molar-refractivity contribution in [3.8, 4) is 0 Å². The molecule has 0 aromatic carbocycles. The van der Waals surface area contributed by atoms with Gasteiger partial charge in [-0.2, -0.15) is 4.89 Å². The summed E-state index contributed by atoms with van der Waals surface area (Å²) in [6.07, 6.45) is 11.0. The molecule has 7 heteroatoms. The molecular formula is C34H62O7. The monoisotopic (exact) mass is 582 g/mol. The van der Waals surface area contributed by atoms with Crippen molar-refractivity contribution >= 4 is 23.5 Å². The van der Waals surface area contributed by atoms with Gasteiger partial charge in [-0.1, -0.05) is 107 Å². The Morgan fingerprint density at radius 1 is 0.488 bits per heavy atom. The molecule has 0 unspecified atom stereocenters. The number of ether oxygens (including phenoxy) is 1. The zero-order valence-corrected chi connectivity index (χ0v) is 27.7. The van der Waals surface area contributed by atoms with Crippen molar-refractivity contribution in [3.63, 3.8) is 0 Å². The van der Waals surface area contributed by atoms with Crippen LogP contribution >= 0.6 is 0 Å². The lowest BCUT2D eigenvalue weighted by molar-refractivity contribution is -0.284. The van der Waals surface area contributed by atoms with E-state index in [4.69, 9.17) is 14.5 Å². The van der Waals surface area contributed by atoms with E-state index in [9.17, 15) is 19.2 Å². The van der Waals surface area contributed by atoms with E-state index in [0.29, 0.717) is 51.4 Å². The third-order valence-electron chi connectivity index (χ3n) is 8.26. The van der Waals surface area contributed by atoms with Crippen LogP contribution in [0.1, 0.15) is 158 Å². The van der Waals surface area contributed by atoms with E-state index >= 15 is 0 Å². The van der Waals surface area contributed by atoms with Crippen LogP contribution in [0.2, 0.25) is 0 Å². The average Bonchev–Trinajstić information content (AvgIpc) is 2.95. The van der Waals surface area contributed by atoms with Gasteiger partial charge in [0, 0.05) is 11.8 Å². The maximum absolute atomic E-state index is 13.8. The first kappa shape index (κ1) is 39.2. The van der Waals surface area contributed by atoms with Crippen molar-refractivity contribution < 1.29 is 33.7 Å². The van der Waals surface area contributed by atoms with Crippen LogP contribution in [0.3, 0.4) is 0 Å². The molecule has 0 aromatic rings. The number of hydrogen-bond donors (Lipinski definition) is 0. The van der Waals surface area contributed by atoms with Crippen LogP contribution in [-0.2, 0) is 33.7 Å². The second kappa shape index (κ2) is 21.9. The van der Waals surface area contributed by atoms with E-state index in [1.807, 2.05) is 27.7 Å². The van der Waals surface area contributed by atoms with Crippen LogP contribution in [0.5, 0.6) is 0 Å². The lowest BCUT2D eigenvalue weighted by Crippen LogP contribution is -2.45. The predicted molar refractivity (Wildman–Crippen MR) is 164 cm³/mol. The van der Waals surface area contributed by atoms with Crippen molar-refractivity contribution in [3.05, 3.63) is 0 Å². The maximum Gasteiger partial charge on any atom is 0.355 e. The Morgan fingerprint density at radius 3 is 1.15 bits per heavy atom. The lowest BCUT2D eigenvalue weighted by atomic mass is 9.70. The first-order chi connectivity index (χ1) is 19.7. The number of rotatable bonds is 26. The van der Waals surface area contributed by atoms with Gasteiger partial charge in [0.2, 0.25) is 0 Å². The summed E-state index contributed by atoms with van der Waals surface area (Å²) in [7, 11) is 0. The summed E-state index contributed by atoms with van der Waals surface area (Å²) in [5, 5.41) is 0. The zero-order chi connectivity index (χ0) is 31.3. The second-order valence-corrected chi connectivity index (χ2v) is 11.8. The van der Waals surface area contributed by atoms with E-state index in [0.717, 1.165) is 51.4 Å². The summed E-state index contributed by atoms with van der Waals surface area (Å²) in [5.74, 6) is -1.54. The fourth-order valence-corrected chi connectivity index (χ4v) is 6.53. The van der Waals surface area contributed by atoms with Gasteiger partial charge in [0.05, 0.1) is 0 Å². The van der Waals surface area contributed by atoms with E-state index in [2.05, 4.69) is 27.7 Å². The van der Waals surface area contributed by atoms with Crippen LogP contribution in [0.15, 0.2) is 0 Å². The standard InChI is InChI=1S/C34H62O7/c1-9-17-27(18-10-2)29(35)33(21-13-5,22-14-6)31(37)39-25-26-40-41-32(38)34(23-15-7,24-16-8)30(36)28(19-11-3)20-12-4/h27-28H,9-26H2,1-8H3. The molecule has 240 valence electrons. The van der Waals surface area contributed by atoms with E-state index in [1.54, 1.807) is 0 Å².